The maximum Gasteiger partial charge on any atom is 0.124 e. The second-order valence-electron chi connectivity index (χ2n) is 3.28. The third kappa shape index (κ3) is 2.05. The standard InChI is InChI=1S/C11H11FN2OS/c1-15-10-3-2-7(12)4-8(10)11(13)9-5-16-6-14-9/h2-6,11H,13H2,1H3. The molecular formula is C11H11FN2OS. The molecule has 2 rings (SSSR count). The van der Waals surface area contributed by atoms with Crippen LogP contribution in [0, 0.1) is 5.82 Å². The molecule has 1 unspecified atom stereocenters. The molecule has 0 amide bonds. The molecule has 84 valence electrons. The van der Waals surface area contributed by atoms with Crippen molar-refractivity contribution >= 4 is 11.3 Å². The molecule has 0 fully saturated rings. The van der Waals surface area contributed by atoms with Gasteiger partial charge in [-0.05, 0) is 18.2 Å². The van der Waals surface area contributed by atoms with Gasteiger partial charge in [-0.2, -0.15) is 0 Å². The Morgan fingerprint density at radius 2 is 2.31 bits per heavy atom. The maximum atomic E-state index is 13.2. The summed E-state index contributed by atoms with van der Waals surface area (Å²) in [6, 6.07) is 3.83. The Morgan fingerprint density at radius 1 is 1.50 bits per heavy atom. The summed E-state index contributed by atoms with van der Waals surface area (Å²) in [7, 11) is 1.53. The van der Waals surface area contributed by atoms with Crippen molar-refractivity contribution in [1.82, 2.24) is 4.98 Å². The van der Waals surface area contributed by atoms with Gasteiger partial charge in [-0.15, -0.1) is 11.3 Å². The van der Waals surface area contributed by atoms with Crippen LogP contribution in [0.5, 0.6) is 5.75 Å². The van der Waals surface area contributed by atoms with E-state index < -0.39 is 6.04 Å². The van der Waals surface area contributed by atoms with Crippen LogP contribution < -0.4 is 10.5 Å². The Balaban J connectivity index is 2.42. The number of hydrogen-bond acceptors (Lipinski definition) is 4. The van der Waals surface area contributed by atoms with Gasteiger partial charge >= 0.3 is 0 Å². The number of aromatic nitrogens is 1. The zero-order chi connectivity index (χ0) is 11.5. The van der Waals surface area contributed by atoms with Crippen LogP contribution in [0.1, 0.15) is 17.3 Å². The summed E-state index contributed by atoms with van der Waals surface area (Å²) in [6.45, 7) is 0. The van der Waals surface area contributed by atoms with E-state index in [1.165, 1.54) is 30.6 Å². The van der Waals surface area contributed by atoms with Crippen LogP contribution in [-0.4, -0.2) is 12.1 Å². The number of benzene rings is 1. The molecule has 0 aliphatic heterocycles. The highest BCUT2D eigenvalue weighted by atomic mass is 32.1. The van der Waals surface area contributed by atoms with E-state index in [2.05, 4.69) is 4.98 Å². The lowest BCUT2D eigenvalue weighted by atomic mass is 10.0. The van der Waals surface area contributed by atoms with E-state index in [1.54, 1.807) is 11.6 Å². The van der Waals surface area contributed by atoms with Gasteiger partial charge in [0.2, 0.25) is 0 Å². The average Bonchev–Trinajstić information content (AvgIpc) is 2.81. The molecule has 1 aromatic heterocycles. The Bertz CT molecular complexity index is 473. The first-order valence-corrected chi connectivity index (χ1v) is 5.63. The van der Waals surface area contributed by atoms with E-state index in [4.69, 9.17) is 10.5 Å². The van der Waals surface area contributed by atoms with Crippen molar-refractivity contribution in [2.24, 2.45) is 5.73 Å². The second-order valence-corrected chi connectivity index (χ2v) is 4.00. The lowest BCUT2D eigenvalue weighted by molar-refractivity contribution is 0.406. The van der Waals surface area contributed by atoms with Crippen LogP contribution in [0.25, 0.3) is 0 Å². The fourth-order valence-corrected chi connectivity index (χ4v) is 2.07. The smallest absolute Gasteiger partial charge is 0.124 e. The number of ether oxygens (including phenoxy) is 1. The fourth-order valence-electron chi connectivity index (χ4n) is 1.48. The van der Waals surface area contributed by atoms with Gasteiger partial charge in [0.1, 0.15) is 11.6 Å². The predicted molar refractivity (Wildman–Crippen MR) is 61.1 cm³/mol. The normalized spacial score (nSPS) is 12.4. The first-order valence-electron chi connectivity index (χ1n) is 4.69. The molecule has 1 atom stereocenters. The molecule has 5 heteroatoms. The summed E-state index contributed by atoms with van der Waals surface area (Å²) >= 11 is 1.45. The third-order valence-corrected chi connectivity index (χ3v) is 2.90. The van der Waals surface area contributed by atoms with Gasteiger partial charge in [-0.3, -0.25) is 0 Å². The monoisotopic (exact) mass is 238 g/mol. The topological polar surface area (TPSA) is 48.1 Å². The van der Waals surface area contributed by atoms with E-state index in [0.29, 0.717) is 17.0 Å². The van der Waals surface area contributed by atoms with Crippen LogP contribution in [0.4, 0.5) is 4.39 Å². The number of thiazole rings is 1. The van der Waals surface area contributed by atoms with Gasteiger partial charge in [0.05, 0.1) is 24.4 Å². The van der Waals surface area contributed by atoms with Gasteiger partial charge in [0, 0.05) is 10.9 Å². The molecule has 16 heavy (non-hydrogen) atoms. The summed E-state index contributed by atoms with van der Waals surface area (Å²) in [6.07, 6.45) is 0. The lowest BCUT2D eigenvalue weighted by Crippen LogP contribution is -2.13. The molecular weight excluding hydrogens is 227 g/mol. The van der Waals surface area contributed by atoms with Crippen molar-refractivity contribution in [3.8, 4) is 5.75 Å². The van der Waals surface area contributed by atoms with Crippen molar-refractivity contribution < 1.29 is 9.13 Å². The minimum absolute atomic E-state index is 0.332. The van der Waals surface area contributed by atoms with E-state index in [9.17, 15) is 4.39 Å². The fraction of sp³-hybridized carbons (Fsp3) is 0.182. The first kappa shape index (κ1) is 11.0. The van der Waals surface area contributed by atoms with Crippen LogP contribution in [0.2, 0.25) is 0 Å². The largest absolute Gasteiger partial charge is 0.496 e. The van der Waals surface area contributed by atoms with Gasteiger partial charge < -0.3 is 10.5 Å². The zero-order valence-corrected chi connectivity index (χ0v) is 9.50. The molecule has 0 aliphatic rings. The van der Waals surface area contributed by atoms with E-state index >= 15 is 0 Å². The maximum absolute atomic E-state index is 13.2. The van der Waals surface area contributed by atoms with Crippen LogP contribution >= 0.6 is 11.3 Å². The third-order valence-electron chi connectivity index (χ3n) is 2.30. The van der Waals surface area contributed by atoms with Gasteiger partial charge in [-0.1, -0.05) is 0 Å². The molecule has 0 bridgehead atoms. The molecule has 0 spiro atoms. The summed E-state index contributed by atoms with van der Waals surface area (Å²) in [5, 5.41) is 1.84. The number of nitrogens with two attached hydrogens (primary N) is 1. The number of hydrogen-bond donors (Lipinski definition) is 1. The molecule has 0 saturated heterocycles. The molecule has 0 radical (unpaired) electrons. The quantitative estimate of drug-likeness (QED) is 0.892. The number of rotatable bonds is 3. The van der Waals surface area contributed by atoms with Gasteiger partial charge in [-0.25, -0.2) is 9.37 Å². The summed E-state index contributed by atoms with van der Waals surface area (Å²) < 4.78 is 18.3. The summed E-state index contributed by atoms with van der Waals surface area (Å²) in [5.74, 6) is 0.239. The molecule has 2 aromatic rings. The van der Waals surface area contributed by atoms with E-state index in [0.717, 1.165) is 0 Å². The van der Waals surface area contributed by atoms with Gasteiger partial charge in [0.25, 0.3) is 0 Å². The lowest BCUT2D eigenvalue weighted by Gasteiger charge is -2.13. The SMILES string of the molecule is COc1ccc(F)cc1C(N)c1cscn1. The Hall–Kier alpha value is -1.46. The van der Waals surface area contributed by atoms with Gasteiger partial charge in [0.15, 0.2) is 0 Å². The molecule has 1 aromatic carbocycles. The first-order chi connectivity index (χ1) is 7.72. The molecule has 3 nitrogen and oxygen atoms in total. The number of methoxy groups -OCH3 is 1. The van der Waals surface area contributed by atoms with Crippen molar-refractivity contribution in [2.75, 3.05) is 7.11 Å². The Morgan fingerprint density at radius 3 is 2.94 bits per heavy atom. The predicted octanol–water partition coefficient (Wildman–Crippen LogP) is 2.34. The summed E-state index contributed by atoms with van der Waals surface area (Å²) in [5.41, 5.74) is 9.02. The molecule has 0 aliphatic carbocycles. The molecule has 1 heterocycles. The molecule has 0 saturated carbocycles. The van der Waals surface area contributed by atoms with E-state index in [-0.39, 0.29) is 5.82 Å². The van der Waals surface area contributed by atoms with Crippen LogP contribution in [-0.2, 0) is 0 Å². The van der Waals surface area contributed by atoms with Crippen LogP contribution in [0.15, 0.2) is 29.1 Å². The van der Waals surface area contributed by atoms with Crippen molar-refractivity contribution in [1.29, 1.82) is 0 Å². The van der Waals surface area contributed by atoms with E-state index in [1.807, 2.05) is 5.38 Å². The highest BCUT2D eigenvalue weighted by Crippen LogP contribution is 2.28. The number of halogens is 1. The average molecular weight is 238 g/mol. The highest BCUT2D eigenvalue weighted by molar-refractivity contribution is 7.07. The van der Waals surface area contributed by atoms with Crippen molar-refractivity contribution in [2.45, 2.75) is 6.04 Å². The second kappa shape index (κ2) is 4.59. The summed E-state index contributed by atoms with van der Waals surface area (Å²) in [4.78, 5) is 4.11. The minimum Gasteiger partial charge on any atom is -0.496 e. The Kier molecular flexibility index (Phi) is 3.17. The molecule has 2 N–H and O–H groups in total. The van der Waals surface area contributed by atoms with Crippen LogP contribution in [0.3, 0.4) is 0 Å². The minimum atomic E-state index is -0.461. The zero-order valence-electron chi connectivity index (χ0n) is 8.68. The highest BCUT2D eigenvalue weighted by Gasteiger charge is 2.16. The van der Waals surface area contributed by atoms with Crippen molar-refractivity contribution in [3.63, 3.8) is 0 Å². The van der Waals surface area contributed by atoms with Crippen molar-refractivity contribution in [3.05, 3.63) is 46.2 Å². The Labute approximate surface area is 96.7 Å². The number of nitrogens with zero attached hydrogens (tertiary/aromatic N) is 1.